The van der Waals surface area contributed by atoms with E-state index in [0.29, 0.717) is 11.9 Å². The quantitative estimate of drug-likeness (QED) is 0.282. The van der Waals surface area contributed by atoms with Crippen LogP contribution >= 0.6 is 0 Å². The van der Waals surface area contributed by atoms with Crippen molar-refractivity contribution in [3.05, 3.63) is 89.8 Å². The summed E-state index contributed by atoms with van der Waals surface area (Å²) in [7, 11) is -0.417. The number of hydrogen-bond donors (Lipinski definition) is 0. The van der Waals surface area contributed by atoms with E-state index in [1.807, 2.05) is 18.6 Å². The average molecular weight is 523 g/mol. The predicted molar refractivity (Wildman–Crippen MR) is 158 cm³/mol. The van der Waals surface area contributed by atoms with Gasteiger partial charge in [-0.2, -0.15) is 0 Å². The van der Waals surface area contributed by atoms with Crippen LogP contribution in [0.1, 0.15) is 71.1 Å². The van der Waals surface area contributed by atoms with Gasteiger partial charge in [-0.25, -0.2) is 9.97 Å². The van der Waals surface area contributed by atoms with Gasteiger partial charge in [0.1, 0.15) is 0 Å². The molecule has 5 rings (SSSR count). The monoisotopic (exact) mass is 522 g/mol. The maximum absolute atomic E-state index is 6.23. The Morgan fingerprint density at radius 3 is 1.79 bits per heavy atom. The second kappa shape index (κ2) is 9.72. The van der Waals surface area contributed by atoms with Crippen molar-refractivity contribution in [2.75, 3.05) is 0 Å². The van der Waals surface area contributed by atoms with Crippen LogP contribution in [-0.2, 0) is 14.7 Å². The molecule has 0 amide bonds. The van der Waals surface area contributed by atoms with E-state index in [1.54, 1.807) is 0 Å². The van der Waals surface area contributed by atoms with Gasteiger partial charge in [0.15, 0.2) is 0 Å². The first-order chi connectivity index (χ1) is 18.3. The molecule has 0 saturated carbocycles. The molecule has 7 heteroatoms. The molecule has 1 saturated heterocycles. The molecule has 1 atom stereocenters. The average Bonchev–Trinajstić information content (AvgIpc) is 3.36. The van der Waals surface area contributed by atoms with Gasteiger partial charge >= 0.3 is 7.12 Å². The molecule has 3 aromatic heterocycles. The maximum Gasteiger partial charge on any atom is 0.496 e. The minimum absolute atomic E-state index is 0.267. The van der Waals surface area contributed by atoms with E-state index in [1.165, 1.54) is 5.56 Å². The fraction of sp³-hybridized carbons (Fsp3) is 0.406. The van der Waals surface area contributed by atoms with Gasteiger partial charge in [0.2, 0.25) is 5.95 Å². The first-order valence-corrected chi connectivity index (χ1v) is 13.7. The normalized spacial score (nSPS) is 17.9. The summed E-state index contributed by atoms with van der Waals surface area (Å²) in [5.74, 6) is 1.02. The zero-order valence-corrected chi connectivity index (χ0v) is 24.6. The topological polar surface area (TPSA) is 62.1 Å². The summed E-state index contributed by atoms with van der Waals surface area (Å²) >= 11 is 0. The summed E-state index contributed by atoms with van der Waals surface area (Å²) in [6, 6.07) is 17.1. The van der Waals surface area contributed by atoms with E-state index in [2.05, 4.69) is 125 Å². The van der Waals surface area contributed by atoms with Crippen molar-refractivity contribution in [1.82, 2.24) is 19.5 Å². The minimum Gasteiger partial charge on any atom is -0.399 e. The van der Waals surface area contributed by atoms with Gasteiger partial charge < -0.3 is 9.31 Å². The third-order valence-corrected chi connectivity index (χ3v) is 8.93. The van der Waals surface area contributed by atoms with Gasteiger partial charge in [-0.05, 0) is 83.7 Å². The van der Waals surface area contributed by atoms with Crippen molar-refractivity contribution < 1.29 is 9.31 Å². The van der Waals surface area contributed by atoms with Gasteiger partial charge in [0, 0.05) is 46.4 Å². The Kier molecular flexibility index (Phi) is 6.80. The highest BCUT2D eigenvalue weighted by Crippen LogP contribution is 2.39. The summed E-state index contributed by atoms with van der Waals surface area (Å²) in [4.78, 5) is 14.2. The van der Waals surface area contributed by atoms with Gasteiger partial charge in [0.25, 0.3) is 0 Å². The highest BCUT2D eigenvalue weighted by molar-refractivity contribution is 6.62. The summed E-state index contributed by atoms with van der Waals surface area (Å²) < 4.78 is 14.5. The molecule has 1 aliphatic heterocycles. The van der Waals surface area contributed by atoms with Crippen molar-refractivity contribution in [1.29, 1.82) is 0 Å². The highest BCUT2D eigenvalue weighted by Gasteiger charge is 2.52. The van der Waals surface area contributed by atoms with Gasteiger partial charge in [-0.15, -0.1) is 0 Å². The third-order valence-electron chi connectivity index (χ3n) is 8.93. The van der Waals surface area contributed by atoms with Crippen LogP contribution in [-0.4, -0.2) is 37.8 Å². The summed E-state index contributed by atoms with van der Waals surface area (Å²) in [6.45, 7) is 19.2. The largest absolute Gasteiger partial charge is 0.496 e. The van der Waals surface area contributed by atoms with Crippen LogP contribution in [0.2, 0.25) is 0 Å². The highest BCUT2D eigenvalue weighted by atomic mass is 16.7. The van der Waals surface area contributed by atoms with Crippen LogP contribution in [0, 0.1) is 19.8 Å². The van der Waals surface area contributed by atoms with Crippen LogP contribution in [0.5, 0.6) is 0 Å². The van der Waals surface area contributed by atoms with Crippen molar-refractivity contribution in [2.45, 2.75) is 78.9 Å². The number of hydrogen-bond acceptors (Lipinski definition) is 5. The summed E-state index contributed by atoms with van der Waals surface area (Å²) in [5, 5.41) is 0. The second-order valence-electron chi connectivity index (χ2n) is 12.2. The molecule has 1 fully saturated rings. The first kappa shape index (κ1) is 27.3. The predicted octanol–water partition coefficient (Wildman–Crippen LogP) is 6.21. The molecule has 4 aromatic rings. The van der Waals surface area contributed by atoms with Crippen LogP contribution in [0.25, 0.3) is 17.1 Å². The van der Waals surface area contributed by atoms with E-state index in [9.17, 15) is 0 Å². The van der Waals surface area contributed by atoms with Crippen molar-refractivity contribution in [3.8, 4) is 17.1 Å². The molecule has 6 nitrogen and oxygen atoms in total. The molecule has 4 heterocycles. The second-order valence-corrected chi connectivity index (χ2v) is 12.2. The fourth-order valence-corrected chi connectivity index (χ4v) is 5.19. The van der Waals surface area contributed by atoms with Crippen LogP contribution in [0.4, 0.5) is 0 Å². The Labute approximate surface area is 233 Å². The Bertz CT molecular complexity index is 1420. The molecular weight excluding hydrogens is 483 g/mol. The smallest absolute Gasteiger partial charge is 0.399 e. The summed E-state index contributed by atoms with van der Waals surface area (Å²) in [5.41, 5.74) is 6.47. The van der Waals surface area contributed by atoms with Crippen molar-refractivity contribution in [2.24, 2.45) is 5.92 Å². The lowest BCUT2D eigenvalue weighted by Gasteiger charge is -2.34. The van der Waals surface area contributed by atoms with Gasteiger partial charge in [-0.1, -0.05) is 44.2 Å². The molecule has 1 aromatic carbocycles. The number of benzene rings is 1. The molecule has 0 radical (unpaired) electrons. The molecule has 0 aliphatic carbocycles. The number of nitrogens with zero attached hydrogens (tertiary/aromatic N) is 4. The van der Waals surface area contributed by atoms with Gasteiger partial charge in [0.05, 0.1) is 16.9 Å². The lowest BCUT2D eigenvalue weighted by molar-refractivity contribution is 0.00578. The molecule has 0 N–H and O–H groups in total. The van der Waals surface area contributed by atoms with Crippen LogP contribution in [0.15, 0.2) is 67.1 Å². The van der Waals surface area contributed by atoms with E-state index in [-0.39, 0.29) is 16.6 Å². The molecule has 39 heavy (non-hydrogen) atoms. The maximum atomic E-state index is 6.23. The zero-order valence-electron chi connectivity index (χ0n) is 24.6. The van der Waals surface area contributed by atoms with Crippen LogP contribution < -0.4 is 5.46 Å². The van der Waals surface area contributed by atoms with E-state index in [0.717, 1.165) is 33.7 Å². The van der Waals surface area contributed by atoms with E-state index >= 15 is 0 Å². The minimum atomic E-state index is -0.417. The molecule has 1 aliphatic rings. The lowest BCUT2D eigenvalue weighted by atomic mass is 9.70. The van der Waals surface area contributed by atoms with E-state index < -0.39 is 7.12 Å². The number of aromatic nitrogens is 4. The molecule has 0 bridgehead atoms. The first-order valence-electron chi connectivity index (χ1n) is 13.7. The zero-order chi connectivity index (χ0) is 28.2. The van der Waals surface area contributed by atoms with E-state index in [4.69, 9.17) is 14.3 Å². The lowest BCUT2D eigenvalue weighted by Crippen LogP contribution is -2.41. The Hall–Kier alpha value is -3.29. The van der Waals surface area contributed by atoms with Crippen molar-refractivity contribution >= 4 is 12.6 Å². The molecule has 202 valence electrons. The fourth-order valence-electron chi connectivity index (χ4n) is 5.19. The van der Waals surface area contributed by atoms with Crippen LogP contribution in [0.3, 0.4) is 0 Å². The van der Waals surface area contributed by atoms with Crippen molar-refractivity contribution in [3.63, 3.8) is 0 Å². The number of rotatable bonds is 6. The Morgan fingerprint density at radius 1 is 0.744 bits per heavy atom. The Morgan fingerprint density at radius 2 is 1.31 bits per heavy atom. The third kappa shape index (κ3) is 4.72. The number of pyridine rings is 1. The molecule has 0 spiro atoms. The summed E-state index contributed by atoms with van der Waals surface area (Å²) in [6.07, 6.45) is 5.70. The Balaban J connectivity index is 1.39. The number of aryl methyl sites for hydroxylation is 2. The van der Waals surface area contributed by atoms with Gasteiger partial charge in [-0.3, -0.25) is 9.55 Å². The standard InChI is InChI=1S/C32H39BN4O2/c1-21(2)32(9,28-17-16-27(20-34-28)33-38-30(5,6)31(7,8)39-33)26-14-12-24(13-15-26)25-18-35-29(36-19-25)37-22(3)10-11-23(37)4/h10-21H,1-9H3. The molecular formula is C32H39BN4O2. The molecule has 1 unspecified atom stereocenters. The SMILES string of the molecule is Cc1ccc(C)n1-c1ncc(-c2ccc(C(C)(c3ccc(B4OC(C)(C)C(C)(C)O4)cn3)C(C)C)cc2)cn1.